The van der Waals surface area contributed by atoms with Gasteiger partial charge in [0.25, 0.3) is 0 Å². The molecule has 0 saturated heterocycles. The Hall–Kier alpha value is -3.19. The molecular formula is C21H16ClF3N2O2. The zero-order chi connectivity index (χ0) is 21.3. The van der Waals surface area contributed by atoms with Crippen LogP contribution in [0.4, 0.5) is 13.2 Å². The number of nitrogens with zero attached hydrogens (tertiary/aromatic N) is 2. The van der Waals surface area contributed by atoms with E-state index in [1.165, 1.54) is 0 Å². The van der Waals surface area contributed by atoms with Gasteiger partial charge in [-0.2, -0.15) is 13.2 Å². The van der Waals surface area contributed by atoms with E-state index in [0.717, 1.165) is 33.7 Å². The number of hydrogen-bond acceptors (Lipinski definition) is 3. The van der Waals surface area contributed by atoms with E-state index >= 15 is 0 Å². The number of pyridine rings is 2. The van der Waals surface area contributed by atoms with Crippen LogP contribution in [0.3, 0.4) is 0 Å². The molecule has 4 nitrogen and oxygen atoms in total. The maximum atomic E-state index is 10.6. The first-order valence-electron chi connectivity index (χ1n) is 8.31. The summed E-state index contributed by atoms with van der Waals surface area (Å²) in [6.45, 7) is 0. The van der Waals surface area contributed by atoms with Crippen molar-refractivity contribution in [2.24, 2.45) is 0 Å². The second-order valence-electron chi connectivity index (χ2n) is 5.81. The smallest absolute Gasteiger partial charge is 0.475 e. The van der Waals surface area contributed by atoms with Crippen molar-refractivity contribution >= 4 is 29.7 Å². The summed E-state index contributed by atoms with van der Waals surface area (Å²) < 4.78 is 31.7. The van der Waals surface area contributed by atoms with E-state index in [0.29, 0.717) is 0 Å². The van der Waals surface area contributed by atoms with Gasteiger partial charge in [-0.3, -0.25) is 9.97 Å². The van der Waals surface area contributed by atoms with Crippen LogP contribution in [0.1, 0.15) is 22.3 Å². The summed E-state index contributed by atoms with van der Waals surface area (Å²) in [5, 5.41) is 7.92. The van der Waals surface area contributed by atoms with E-state index in [-0.39, 0.29) is 0 Å². The molecule has 1 aromatic carbocycles. The number of rotatable bonds is 4. The van der Waals surface area contributed by atoms with Crippen molar-refractivity contribution < 1.29 is 23.1 Å². The third kappa shape index (κ3) is 7.75. The van der Waals surface area contributed by atoms with E-state index in [4.69, 9.17) is 21.5 Å². The number of aliphatic carboxylic acids is 1. The van der Waals surface area contributed by atoms with E-state index in [2.05, 4.69) is 28.2 Å². The Morgan fingerprint density at radius 2 is 1.62 bits per heavy atom. The quantitative estimate of drug-likeness (QED) is 0.603. The molecule has 8 heteroatoms. The average molecular weight is 421 g/mol. The first-order valence-corrected chi connectivity index (χ1v) is 8.69. The molecule has 0 radical (unpaired) electrons. The molecule has 1 N–H and O–H groups in total. The third-order valence-electron chi connectivity index (χ3n) is 3.59. The van der Waals surface area contributed by atoms with Crippen LogP contribution in [0.15, 0.2) is 67.3 Å². The van der Waals surface area contributed by atoms with Crippen LogP contribution >= 0.6 is 11.6 Å². The van der Waals surface area contributed by atoms with Crippen LogP contribution in [0.2, 0.25) is 5.02 Å². The fourth-order valence-electron chi connectivity index (χ4n) is 2.22. The Balaban J connectivity index is 0.000000370. The van der Waals surface area contributed by atoms with Gasteiger partial charge in [0.05, 0.1) is 0 Å². The molecule has 0 aliphatic carbocycles. The summed E-state index contributed by atoms with van der Waals surface area (Å²) in [5.74, 6) is -2.76. The summed E-state index contributed by atoms with van der Waals surface area (Å²) in [6.07, 6.45) is 7.11. The molecule has 2 aromatic heterocycles. The standard InChI is InChI=1S/C19H15ClN2.C2HF3O2/c20-19-4-2-1-3-18(19)12-17-11-16(13-22-14-17)6-5-15-7-9-21-10-8-15;3-2(4,5)1(6)7/h1-11,13-14H,12H2;(H,6,7)/b6-5+;. The van der Waals surface area contributed by atoms with Gasteiger partial charge in [-0.05, 0) is 46.5 Å². The average Bonchev–Trinajstić information content (AvgIpc) is 2.69. The molecule has 0 unspecified atom stereocenters. The number of benzene rings is 1. The fourth-order valence-corrected chi connectivity index (χ4v) is 2.43. The Kier molecular flexibility index (Phi) is 7.91. The highest BCUT2D eigenvalue weighted by atomic mass is 35.5. The predicted octanol–water partition coefficient (Wildman–Crippen LogP) is 5.52. The van der Waals surface area contributed by atoms with E-state index in [1.54, 1.807) is 12.4 Å². The molecule has 0 fully saturated rings. The summed E-state index contributed by atoms with van der Waals surface area (Å²) in [5.41, 5.74) is 4.44. The molecule has 0 saturated carbocycles. The normalized spacial score (nSPS) is 11.0. The Labute approximate surface area is 170 Å². The van der Waals surface area contributed by atoms with E-state index in [9.17, 15) is 13.2 Å². The second kappa shape index (κ2) is 10.4. The molecule has 29 heavy (non-hydrogen) atoms. The van der Waals surface area contributed by atoms with Crippen LogP contribution in [0, 0.1) is 0 Å². The molecule has 3 aromatic rings. The van der Waals surface area contributed by atoms with Crippen LogP contribution in [0.5, 0.6) is 0 Å². The van der Waals surface area contributed by atoms with Gasteiger partial charge < -0.3 is 5.11 Å². The first kappa shape index (κ1) is 22.1. The fraction of sp³-hybridized carbons (Fsp3) is 0.0952. The molecule has 0 aliphatic rings. The van der Waals surface area contributed by atoms with Crippen LogP contribution < -0.4 is 0 Å². The number of alkyl halides is 3. The summed E-state index contributed by atoms with van der Waals surface area (Å²) in [6, 6.07) is 14.0. The largest absolute Gasteiger partial charge is 0.490 e. The number of carboxylic acid groups (broad SMARTS) is 1. The van der Waals surface area contributed by atoms with Crippen molar-refractivity contribution in [2.45, 2.75) is 12.6 Å². The highest BCUT2D eigenvalue weighted by Gasteiger charge is 2.38. The van der Waals surface area contributed by atoms with Crippen molar-refractivity contribution in [3.05, 3.63) is 94.5 Å². The number of aromatic nitrogens is 2. The maximum Gasteiger partial charge on any atom is 0.490 e. The van der Waals surface area contributed by atoms with Gasteiger partial charge in [-0.15, -0.1) is 0 Å². The van der Waals surface area contributed by atoms with Crippen LogP contribution in [0.25, 0.3) is 12.2 Å². The van der Waals surface area contributed by atoms with Gasteiger partial charge in [0.1, 0.15) is 0 Å². The summed E-state index contributed by atoms with van der Waals surface area (Å²) in [4.78, 5) is 17.2. The minimum atomic E-state index is -5.08. The Morgan fingerprint density at radius 1 is 1.00 bits per heavy atom. The van der Waals surface area contributed by atoms with Crippen molar-refractivity contribution in [2.75, 3.05) is 0 Å². The van der Waals surface area contributed by atoms with Crippen molar-refractivity contribution in [3.63, 3.8) is 0 Å². The lowest BCUT2D eigenvalue weighted by molar-refractivity contribution is -0.192. The summed E-state index contributed by atoms with van der Waals surface area (Å²) in [7, 11) is 0. The number of carboxylic acids is 1. The lowest BCUT2D eigenvalue weighted by Gasteiger charge is -2.04. The van der Waals surface area contributed by atoms with Crippen molar-refractivity contribution in [3.8, 4) is 0 Å². The van der Waals surface area contributed by atoms with Crippen molar-refractivity contribution in [1.29, 1.82) is 0 Å². The lowest BCUT2D eigenvalue weighted by atomic mass is 10.0. The Bertz CT molecular complexity index is 977. The molecule has 150 valence electrons. The molecular weight excluding hydrogens is 405 g/mol. The topological polar surface area (TPSA) is 63.1 Å². The van der Waals surface area contributed by atoms with Crippen LogP contribution in [-0.2, 0) is 11.2 Å². The molecule has 2 heterocycles. The van der Waals surface area contributed by atoms with Gasteiger partial charge in [0.2, 0.25) is 0 Å². The molecule has 0 amide bonds. The van der Waals surface area contributed by atoms with Crippen molar-refractivity contribution in [1.82, 2.24) is 9.97 Å². The van der Waals surface area contributed by atoms with Gasteiger partial charge >= 0.3 is 12.1 Å². The van der Waals surface area contributed by atoms with Crippen LogP contribution in [-0.4, -0.2) is 27.2 Å². The molecule has 0 bridgehead atoms. The third-order valence-corrected chi connectivity index (χ3v) is 3.95. The molecule has 3 rings (SSSR count). The first-order chi connectivity index (χ1) is 13.8. The highest BCUT2D eigenvalue weighted by molar-refractivity contribution is 6.31. The minimum absolute atomic E-state index is 0.781. The van der Waals surface area contributed by atoms with Gasteiger partial charge in [-0.25, -0.2) is 4.79 Å². The predicted molar refractivity (Wildman–Crippen MR) is 105 cm³/mol. The number of halogens is 4. The van der Waals surface area contributed by atoms with E-state index < -0.39 is 12.1 Å². The van der Waals surface area contributed by atoms with Gasteiger partial charge in [0.15, 0.2) is 0 Å². The Morgan fingerprint density at radius 3 is 2.24 bits per heavy atom. The van der Waals surface area contributed by atoms with Gasteiger partial charge in [0, 0.05) is 36.2 Å². The number of hydrogen-bond donors (Lipinski definition) is 1. The zero-order valence-electron chi connectivity index (χ0n) is 15.0. The SMILES string of the molecule is Clc1ccccc1Cc1cncc(/C=C/c2ccncc2)c1.O=C(O)C(F)(F)F. The molecule has 0 aliphatic heterocycles. The van der Waals surface area contributed by atoms with E-state index in [1.807, 2.05) is 48.8 Å². The monoisotopic (exact) mass is 420 g/mol. The second-order valence-corrected chi connectivity index (χ2v) is 6.22. The maximum absolute atomic E-state index is 10.6. The summed E-state index contributed by atoms with van der Waals surface area (Å²) >= 11 is 6.21. The molecule has 0 atom stereocenters. The minimum Gasteiger partial charge on any atom is -0.475 e. The highest BCUT2D eigenvalue weighted by Crippen LogP contribution is 2.19. The molecule has 0 spiro atoms. The van der Waals surface area contributed by atoms with Gasteiger partial charge in [-0.1, -0.05) is 42.0 Å². The lowest BCUT2D eigenvalue weighted by Crippen LogP contribution is -2.21. The zero-order valence-corrected chi connectivity index (χ0v) is 15.7. The number of carbonyl (C=O) groups is 1.